The Labute approximate surface area is 158 Å². The highest BCUT2D eigenvalue weighted by Gasteiger charge is 2.16. The summed E-state index contributed by atoms with van der Waals surface area (Å²) in [7, 11) is 1.57. The Morgan fingerprint density at radius 2 is 2.12 bits per heavy atom. The van der Waals surface area contributed by atoms with Gasteiger partial charge in [-0.25, -0.2) is 4.52 Å². The van der Waals surface area contributed by atoms with Gasteiger partial charge < -0.3 is 4.74 Å². The van der Waals surface area contributed by atoms with E-state index in [2.05, 4.69) is 15.4 Å². The van der Waals surface area contributed by atoms with Crippen LogP contribution in [0.2, 0.25) is 5.02 Å². The molecule has 1 N–H and O–H groups in total. The molecule has 0 spiro atoms. The highest BCUT2D eigenvalue weighted by molar-refractivity contribution is 7.13. The van der Waals surface area contributed by atoms with E-state index in [0.29, 0.717) is 22.0 Å². The number of nitrogens with zero attached hydrogens (tertiary/aromatic N) is 3. The van der Waals surface area contributed by atoms with Gasteiger partial charge in [0.1, 0.15) is 0 Å². The van der Waals surface area contributed by atoms with Gasteiger partial charge in [-0.1, -0.05) is 23.7 Å². The van der Waals surface area contributed by atoms with E-state index in [1.165, 1.54) is 0 Å². The maximum atomic E-state index is 12.4. The van der Waals surface area contributed by atoms with E-state index < -0.39 is 0 Å². The SMILES string of the molecule is COc1ccc(-c2cccs2)n2nc(NC(=O)c3cccc(Cl)c3)nc12. The van der Waals surface area contributed by atoms with Crippen molar-refractivity contribution in [2.75, 3.05) is 12.4 Å². The number of hydrogen-bond acceptors (Lipinski definition) is 5. The first kappa shape index (κ1) is 16.6. The lowest BCUT2D eigenvalue weighted by molar-refractivity contribution is 0.102. The molecule has 0 bridgehead atoms. The first-order valence-electron chi connectivity index (χ1n) is 7.70. The van der Waals surface area contributed by atoms with Gasteiger partial charge in [-0.2, -0.15) is 4.98 Å². The molecule has 0 aliphatic rings. The Kier molecular flexibility index (Phi) is 4.32. The van der Waals surface area contributed by atoms with Crippen molar-refractivity contribution in [1.29, 1.82) is 0 Å². The maximum absolute atomic E-state index is 12.4. The zero-order chi connectivity index (χ0) is 18.1. The molecule has 0 saturated heterocycles. The lowest BCUT2D eigenvalue weighted by Gasteiger charge is -2.05. The molecule has 0 unspecified atom stereocenters. The minimum absolute atomic E-state index is 0.192. The van der Waals surface area contributed by atoms with Crippen LogP contribution < -0.4 is 10.1 Å². The van der Waals surface area contributed by atoms with Crippen LogP contribution in [0.5, 0.6) is 5.75 Å². The van der Waals surface area contributed by atoms with Crippen molar-refractivity contribution in [3.05, 3.63) is 64.5 Å². The predicted octanol–water partition coefficient (Wildman–Crippen LogP) is 4.37. The topological polar surface area (TPSA) is 68.5 Å². The second-order valence-corrected chi connectivity index (χ2v) is 6.78. The third kappa shape index (κ3) is 3.02. The fourth-order valence-corrected chi connectivity index (χ4v) is 3.49. The number of aromatic nitrogens is 3. The number of carbonyl (C=O) groups excluding carboxylic acids is 1. The molecule has 0 atom stereocenters. The summed E-state index contributed by atoms with van der Waals surface area (Å²) in [4.78, 5) is 17.9. The van der Waals surface area contributed by atoms with Gasteiger partial charge in [-0.05, 0) is 41.8 Å². The van der Waals surface area contributed by atoms with Crippen molar-refractivity contribution in [1.82, 2.24) is 14.6 Å². The molecule has 4 rings (SSSR count). The molecule has 3 aromatic heterocycles. The molecule has 26 heavy (non-hydrogen) atoms. The van der Waals surface area contributed by atoms with Crippen LogP contribution in [-0.4, -0.2) is 27.6 Å². The van der Waals surface area contributed by atoms with E-state index in [4.69, 9.17) is 16.3 Å². The molecule has 8 heteroatoms. The largest absolute Gasteiger partial charge is 0.493 e. The minimum atomic E-state index is -0.333. The monoisotopic (exact) mass is 384 g/mol. The summed E-state index contributed by atoms with van der Waals surface area (Å²) in [5.74, 6) is 0.429. The third-order valence-electron chi connectivity index (χ3n) is 3.75. The average Bonchev–Trinajstić information content (AvgIpc) is 3.30. The molecule has 3 heterocycles. The molecule has 1 amide bonds. The van der Waals surface area contributed by atoms with Gasteiger partial charge in [0.15, 0.2) is 11.4 Å². The summed E-state index contributed by atoms with van der Waals surface area (Å²) in [5, 5.41) is 9.62. The maximum Gasteiger partial charge on any atom is 0.258 e. The van der Waals surface area contributed by atoms with Gasteiger partial charge in [0.05, 0.1) is 17.7 Å². The fourth-order valence-electron chi connectivity index (χ4n) is 2.57. The number of halogens is 1. The third-order valence-corrected chi connectivity index (χ3v) is 4.88. The second kappa shape index (κ2) is 6.78. The molecule has 0 saturated carbocycles. The van der Waals surface area contributed by atoms with Crippen LogP contribution in [0.25, 0.3) is 16.2 Å². The molecule has 0 aliphatic carbocycles. The number of pyridine rings is 1. The number of carbonyl (C=O) groups is 1. The number of amides is 1. The van der Waals surface area contributed by atoms with Crippen LogP contribution in [0.4, 0.5) is 5.95 Å². The van der Waals surface area contributed by atoms with E-state index >= 15 is 0 Å². The fraction of sp³-hybridized carbons (Fsp3) is 0.0556. The van der Waals surface area contributed by atoms with Crippen molar-refractivity contribution in [3.63, 3.8) is 0 Å². The van der Waals surface area contributed by atoms with Gasteiger partial charge in [-0.3, -0.25) is 10.1 Å². The zero-order valence-electron chi connectivity index (χ0n) is 13.6. The van der Waals surface area contributed by atoms with Crippen molar-refractivity contribution >= 4 is 40.4 Å². The number of rotatable bonds is 4. The van der Waals surface area contributed by atoms with Crippen molar-refractivity contribution < 1.29 is 9.53 Å². The van der Waals surface area contributed by atoms with Crippen molar-refractivity contribution in [2.24, 2.45) is 0 Å². The molecule has 6 nitrogen and oxygen atoms in total. The van der Waals surface area contributed by atoms with Crippen LogP contribution in [0, 0.1) is 0 Å². The Balaban J connectivity index is 1.75. The van der Waals surface area contributed by atoms with Crippen molar-refractivity contribution in [2.45, 2.75) is 0 Å². The normalized spacial score (nSPS) is 10.8. The summed E-state index contributed by atoms with van der Waals surface area (Å²) in [5.41, 5.74) is 1.83. The minimum Gasteiger partial charge on any atom is -0.493 e. The number of nitrogens with one attached hydrogen (secondary N) is 1. The van der Waals surface area contributed by atoms with Gasteiger partial charge in [0.25, 0.3) is 5.91 Å². The standard InChI is InChI=1S/C18H13ClN4O2S/c1-25-14-8-7-13(15-6-3-9-26-15)23-16(14)20-18(22-23)21-17(24)11-4-2-5-12(19)10-11/h2-10H,1H3,(H,21,22,24). The summed E-state index contributed by atoms with van der Waals surface area (Å²) < 4.78 is 7.03. The Bertz CT molecular complexity index is 1090. The molecular weight excluding hydrogens is 372 g/mol. The van der Waals surface area contributed by atoms with Crippen LogP contribution in [0.3, 0.4) is 0 Å². The van der Waals surface area contributed by atoms with Crippen LogP contribution in [0.15, 0.2) is 53.9 Å². The number of methoxy groups -OCH3 is 1. The van der Waals surface area contributed by atoms with Crippen LogP contribution in [-0.2, 0) is 0 Å². The first-order valence-corrected chi connectivity index (χ1v) is 8.96. The van der Waals surface area contributed by atoms with E-state index in [9.17, 15) is 4.79 Å². The highest BCUT2D eigenvalue weighted by Crippen LogP contribution is 2.29. The Morgan fingerprint density at radius 1 is 1.23 bits per heavy atom. The number of benzene rings is 1. The van der Waals surface area contributed by atoms with Crippen LogP contribution >= 0.6 is 22.9 Å². The van der Waals surface area contributed by atoms with Crippen molar-refractivity contribution in [3.8, 4) is 16.3 Å². The van der Waals surface area contributed by atoms with Crippen LogP contribution in [0.1, 0.15) is 10.4 Å². The molecule has 130 valence electrons. The Hall–Kier alpha value is -2.90. The number of ether oxygens (including phenoxy) is 1. The van der Waals surface area contributed by atoms with E-state index in [1.807, 2.05) is 29.6 Å². The van der Waals surface area contributed by atoms with E-state index in [-0.39, 0.29) is 11.9 Å². The number of fused-ring (bicyclic) bond motifs is 1. The molecule has 0 radical (unpaired) electrons. The number of anilines is 1. The molecule has 0 aliphatic heterocycles. The quantitative estimate of drug-likeness (QED) is 0.567. The predicted molar refractivity (Wildman–Crippen MR) is 102 cm³/mol. The lowest BCUT2D eigenvalue weighted by Crippen LogP contribution is -2.13. The summed E-state index contributed by atoms with van der Waals surface area (Å²) >= 11 is 7.54. The zero-order valence-corrected chi connectivity index (χ0v) is 15.2. The second-order valence-electron chi connectivity index (χ2n) is 5.40. The van der Waals surface area contributed by atoms with Gasteiger partial charge in [0, 0.05) is 10.6 Å². The average molecular weight is 385 g/mol. The lowest BCUT2D eigenvalue weighted by atomic mass is 10.2. The van der Waals surface area contributed by atoms with Gasteiger partial charge >= 0.3 is 0 Å². The van der Waals surface area contributed by atoms with Gasteiger partial charge in [0.2, 0.25) is 5.95 Å². The summed E-state index contributed by atoms with van der Waals surface area (Å²) in [6.07, 6.45) is 0. The Morgan fingerprint density at radius 3 is 2.85 bits per heavy atom. The molecular formula is C18H13ClN4O2S. The van der Waals surface area contributed by atoms with E-state index in [0.717, 1.165) is 10.6 Å². The highest BCUT2D eigenvalue weighted by atomic mass is 35.5. The van der Waals surface area contributed by atoms with Gasteiger partial charge in [-0.15, -0.1) is 16.4 Å². The van der Waals surface area contributed by atoms with E-state index in [1.54, 1.807) is 47.2 Å². The molecule has 4 aromatic rings. The number of hydrogen-bond donors (Lipinski definition) is 1. The molecule has 1 aromatic carbocycles. The summed E-state index contributed by atoms with van der Waals surface area (Å²) in [6.45, 7) is 0. The first-order chi connectivity index (χ1) is 12.7. The summed E-state index contributed by atoms with van der Waals surface area (Å²) in [6, 6.07) is 14.4. The number of thiophene rings is 1. The smallest absolute Gasteiger partial charge is 0.258 e. The molecule has 0 fully saturated rings.